The normalized spacial score (nSPS) is 14.3. The molecule has 3 rings (SSSR count). The lowest BCUT2D eigenvalue weighted by Gasteiger charge is -2.35. The fourth-order valence-electron chi connectivity index (χ4n) is 3.01. The average Bonchev–Trinajstić information content (AvgIpc) is 2.65. The van der Waals surface area contributed by atoms with Crippen molar-refractivity contribution in [2.24, 2.45) is 0 Å². The molecule has 0 bridgehead atoms. The van der Waals surface area contributed by atoms with Gasteiger partial charge in [-0.2, -0.15) is 0 Å². The first-order valence-electron chi connectivity index (χ1n) is 8.79. The van der Waals surface area contributed by atoms with E-state index >= 15 is 0 Å². The molecule has 0 saturated carbocycles. The summed E-state index contributed by atoms with van der Waals surface area (Å²) in [6.45, 7) is 8.44. The molecule has 26 heavy (non-hydrogen) atoms. The molecule has 0 radical (unpaired) electrons. The van der Waals surface area contributed by atoms with Crippen LogP contribution in [0.5, 0.6) is 0 Å². The molecular weight excluding hydrogens is 328 g/mol. The lowest BCUT2D eigenvalue weighted by Crippen LogP contribution is -2.48. The highest BCUT2D eigenvalue weighted by Gasteiger charge is 2.20. The number of hydrogen-bond acceptors (Lipinski definition) is 4. The van der Waals surface area contributed by atoms with Gasteiger partial charge in [0.25, 0.3) is 5.91 Å². The van der Waals surface area contributed by atoms with Crippen LogP contribution in [0.25, 0.3) is 0 Å². The molecule has 0 unspecified atom stereocenters. The standard InChI is InChI=1S/C20H24N4O2/c1-14-4-5-18(12-15(14)2)22-20(26)17-6-7-21-19(13-17)24-10-8-23(9-11-24)16(3)25/h4-7,12-13H,8-11H2,1-3H3,(H,22,26). The zero-order chi connectivity index (χ0) is 18.7. The van der Waals surface area contributed by atoms with E-state index < -0.39 is 0 Å². The molecule has 1 aromatic carbocycles. The van der Waals surface area contributed by atoms with Crippen molar-refractivity contribution in [1.82, 2.24) is 9.88 Å². The van der Waals surface area contributed by atoms with Crippen LogP contribution in [0.4, 0.5) is 11.5 Å². The number of aromatic nitrogens is 1. The zero-order valence-electron chi connectivity index (χ0n) is 15.5. The van der Waals surface area contributed by atoms with Crippen LogP contribution in [0.3, 0.4) is 0 Å². The topological polar surface area (TPSA) is 65.5 Å². The van der Waals surface area contributed by atoms with Crippen LogP contribution in [0.1, 0.15) is 28.4 Å². The van der Waals surface area contributed by atoms with Gasteiger partial charge in [-0.25, -0.2) is 4.98 Å². The van der Waals surface area contributed by atoms with E-state index in [9.17, 15) is 9.59 Å². The first-order chi connectivity index (χ1) is 12.4. The summed E-state index contributed by atoms with van der Waals surface area (Å²) in [6.07, 6.45) is 1.65. The number of carbonyl (C=O) groups is 2. The lowest BCUT2D eigenvalue weighted by atomic mass is 10.1. The number of amides is 2. The Morgan fingerprint density at radius 2 is 1.73 bits per heavy atom. The van der Waals surface area contributed by atoms with Gasteiger partial charge in [0.05, 0.1) is 0 Å². The summed E-state index contributed by atoms with van der Waals surface area (Å²) in [5, 5.41) is 2.94. The fraction of sp³-hybridized carbons (Fsp3) is 0.350. The molecule has 1 aliphatic rings. The largest absolute Gasteiger partial charge is 0.353 e. The van der Waals surface area contributed by atoms with E-state index in [2.05, 4.69) is 15.2 Å². The Balaban J connectivity index is 1.69. The van der Waals surface area contributed by atoms with E-state index in [1.807, 2.05) is 36.9 Å². The number of anilines is 2. The molecule has 2 amide bonds. The summed E-state index contributed by atoms with van der Waals surface area (Å²) in [6, 6.07) is 9.39. The minimum atomic E-state index is -0.153. The molecule has 2 aromatic rings. The van der Waals surface area contributed by atoms with Crippen molar-refractivity contribution in [1.29, 1.82) is 0 Å². The fourth-order valence-corrected chi connectivity index (χ4v) is 3.01. The highest BCUT2D eigenvalue weighted by molar-refractivity contribution is 6.04. The zero-order valence-corrected chi connectivity index (χ0v) is 15.5. The Hall–Kier alpha value is -2.89. The maximum atomic E-state index is 12.6. The highest BCUT2D eigenvalue weighted by Crippen LogP contribution is 2.18. The van der Waals surface area contributed by atoms with Crippen LogP contribution >= 0.6 is 0 Å². The Bertz CT molecular complexity index is 826. The minimum absolute atomic E-state index is 0.0964. The number of benzene rings is 1. The van der Waals surface area contributed by atoms with Crippen molar-refractivity contribution < 1.29 is 9.59 Å². The van der Waals surface area contributed by atoms with Gasteiger partial charge in [-0.15, -0.1) is 0 Å². The quantitative estimate of drug-likeness (QED) is 0.922. The van der Waals surface area contributed by atoms with E-state index in [0.29, 0.717) is 18.7 Å². The average molecular weight is 352 g/mol. The third-order valence-corrected chi connectivity index (χ3v) is 4.82. The van der Waals surface area contributed by atoms with Crippen molar-refractivity contribution >= 4 is 23.3 Å². The summed E-state index contributed by atoms with van der Waals surface area (Å²) < 4.78 is 0. The van der Waals surface area contributed by atoms with Gasteiger partial charge in [-0.3, -0.25) is 9.59 Å². The van der Waals surface area contributed by atoms with Gasteiger partial charge >= 0.3 is 0 Å². The van der Waals surface area contributed by atoms with Gasteiger partial charge in [0.15, 0.2) is 0 Å². The molecule has 1 aliphatic heterocycles. The maximum Gasteiger partial charge on any atom is 0.255 e. The predicted octanol–water partition coefficient (Wildman–Crippen LogP) is 2.62. The molecule has 2 heterocycles. The van der Waals surface area contributed by atoms with Crippen molar-refractivity contribution in [2.45, 2.75) is 20.8 Å². The molecule has 0 aliphatic carbocycles. The Labute approximate surface area is 153 Å². The number of nitrogens with one attached hydrogen (secondary N) is 1. The molecule has 6 nitrogen and oxygen atoms in total. The first-order valence-corrected chi connectivity index (χ1v) is 8.79. The van der Waals surface area contributed by atoms with Gasteiger partial charge in [0.1, 0.15) is 5.82 Å². The van der Waals surface area contributed by atoms with Gasteiger partial charge in [0.2, 0.25) is 5.91 Å². The van der Waals surface area contributed by atoms with Crippen LogP contribution in [0, 0.1) is 13.8 Å². The first kappa shape index (κ1) is 17.9. The lowest BCUT2D eigenvalue weighted by molar-refractivity contribution is -0.129. The van der Waals surface area contributed by atoms with Gasteiger partial charge < -0.3 is 15.1 Å². The van der Waals surface area contributed by atoms with E-state index in [1.54, 1.807) is 25.3 Å². The molecule has 0 spiro atoms. The van der Waals surface area contributed by atoms with Gasteiger partial charge in [-0.05, 0) is 49.2 Å². The second kappa shape index (κ2) is 7.56. The number of aryl methyl sites for hydroxylation is 2. The molecular formula is C20H24N4O2. The monoisotopic (exact) mass is 352 g/mol. The molecule has 1 aromatic heterocycles. The van der Waals surface area contributed by atoms with Crippen LogP contribution in [0.2, 0.25) is 0 Å². The van der Waals surface area contributed by atoms with Crippen molar-refractivity contribution in [3.63, 3.8) is 0 Å². The van der Waals surface area contributed by atoms with Crippen LogP contribution in [-0.2, 0) is 4.79 Å². The van der Waals surface area contributed by atoms with Crippen molar-refractivity contribution in [2.75, 3.05) is 36.4 Å². The molecule has 1 saturated heterocycles. The minimum Gasteiger partial charge on any atom is -0.353 e. The maximum absolute atomic E-state index is 12.6. The van der Waals surface area contributed by atoms with Gasteiger partial charge in [0, 0.05) is 50.6 Å². The third kappa shape index (κ3) is 4.02. The number of nitrogens with zero attached hydrogens (tertiary/aromatic N) is 3. The molecule has 136 valence electrons. The predicted molar refractivity (Wildman–Crippen MR) is 103 cm³/mol. The third-order valence-electron chi connectivity index (χ3n) is 4.82. The summed E-state index contributed by atoms with van der Waals surface area (Å²) in [5.74, 6) is 0.708. The number of hydrogen-bond donors (Lipinski definition) is 1. The SMILES string of the molecule is CC(=O)N1CCN(c2cc(C(=O)Nc3ccc(C)c(C)c3)ccn2)CC1. The van der Waals surface area contributed by atoms with Crippen LogP contribution < -0.4 is 10.2 Å². The number of piperazine rings is 1. The van der Waals surface area contributed by atoms with Crippen molar-refractivity contribution in [3.05, 3.63) is 53.2 Å². The van der Waals surface area contributed by atoms with Crippen LogP contribution in [0.15, 0.2) is 36.5 Å². The Kier molecular flexibility index (Phi) is 5.21. The Morgan fingerprint density at radius 3 is 2.38 bits per heavy atom. The second-order valence-electron chi connectivity index (χ2n) is 6.65. The molecule has 0 atom stereocenters. The van der Waals surface area contributed by atoms with E-state index in [4.69, 9.17) is 0 Å². The van der Waals surface area contributed by atoms with E-state index in [1.165, 1.54) is 5.56 Å². The van der Waals surface area contributed by atoms with Crippen molar-refractivity contribution in [3.8, 4) is 0 Å². The summed E-state index contributed by atoms with van der Waals surface area (Å²) in [5.41, 5.74) is 3.69. The summed E-state index contributed by atoms with van der Waals surface area (Å²) in [4.78, 5) is 32.3. The molecule has 6 heteroatoms. The second-order valence-corrected chi connectivity index (χ2v) is 6.65. The number of rotatable bonds is 3. The van der Waals surface area contributed by atoms with E-state index in [-0.39, 0.29) is 11.8 Å². The smallest absolute Gasteiger partial charge is 0.255 e. The van der Waals surface area contributed by atoms with Crippen LogP contribution in [-0.4, -0.2) is 47.9 Å². The molecule has 1 N–H and O–H groups in total. The number of carbonyl (C=O) groups excluding carboxylic acids is 2. The summed E-state index contributed by atoms with van der Waals surface area (Å²) >= 11 is 0. The summed E-state index contributed by atoms with van der Waals surface area (Å²) in [7, 11) is 0. The Morgan fingerprint density at radius 1 is 1.00 bits per heavy atom. The van der Waals surface area contributed by atoms with E-state index in [0.717, 1.165) is 30.2 Å². The number of pyridine rings is 1. The van der Waals surface area contributed by atoms with Gasteiger partial charge in [-0.1, -0.05) is 6.07 Å². The highest BCUT2D eigenvalue weighted by atomic mass is 16.2. The molecule has 1 fully saturated rings.